The average Bonchev–Trinajstić information content (AvgIpc) is 3.64. The number of fused-ring (bicyclic) bond motifs is 1. The molecule has 1 N–H and O–H groups in total. The van der Waals surface area contributed by atoms with Crippen LogP contribution in [-0.4, -0.2) is 19.6 Å². The van der Waals surface area contributed by atoms with Gasteiger partial charge in [-0.3, -0.25) is 9.55 Å². The van der Waals surface area contributed by atoms with E-state index in [1.165, 1.54) is 0 Å². The molecule has 0 amide bonds. The lowest BCUT2D eigenvalue weighted by Crippen LogP contribution is -2.17. The number of nitrogens with zero attached hydrogens (tertiary/aromatic N) is 3. The zero-order chi connectivity index (χ0) is 45.3. The molecule has 0 saturated carbocycles. The second-order valence-corrected chi connectivity index (χ2v) is 18.3. The zero-order valence-electron chi connectivity index (χ0n) is 39.8. The van der Waals surface area contributed by atoms with Crippen LogP contribution in [0.5, 0.6) is 5.75 Å². The van der Waals surface area contributed by atoms with Crippen LogP contribution in [0.25, 0.3) is 72.7 Å². The van der Waals surface area contributed by atoms with Crippen molar-refractivity contribution in [2.45, 2.75) is 78.6 Å². The maximum atomic E-state index is 12.2. The number of aromatic hydroxyl groups is 1. The summed E-state index contributed by atoms with van der Waals surface area (Å²) in [6, 6.07) is 37.2. The topological polar surface area (TPSA) is 50.9 Å². The number of aromatic nitrogens is 3. The van der Waals surface area contributed by atoms with Crippen molar-refractivity contribution in [2.75, 3.05) is 0 Å². The van der Waals surface area contributed by atoms with Gasteiger partial charge in [0.25, 0.3) is 0 Å². The van der Waals surface area contributed by atoms with Gasteiger partial charge in [-0.2, -0.15) is 0 Å². The molecule has 6 aromatic carbocycles. The minimum absolute atomic E-state index is 0.176. The van der Waals surface area contributed by atoms with Crippen LogP contribution in [0.1, 0.15) is 85.9 Å². The van der Waals surface area contributed by atoms with E-state index in [1.54, 1.807) is 18.3 Å². The largest absolute Gasteiger partial charge is 0.507 e. The number of phenolic OH excluding ortho intramolecular Hbond substituents is 1. The molecule has 0 atom stereocenters. The average molecular weight is 765 g/mol. The molecular formula is C54H53N3O. The Morgan fingerprint density at radius 3 is 1.83 bits per heavy atom. The maximum absolute atomic E-state index is 12.2. The highest BCUT2D eigenvalue weighted by atomic mass is 16.3. The van der Waals surface area contributed by atoms with Crippen LogP contribution in [0.4, 0.5) is 0 Å². The molecule has 0 fully saturated rings. The summed E-state index contributed by atoms with van der Waals surface area (Å²) in [6.45, 7) is 19.6. The first-order valence-electron chi connectivity index (χ1n) is 22.4. The highest BCUT2D eigenvalue weighted by Crippen LogP contribution is 2.45. The summed E-state index contributed by atoms with van der Waals surface area (Å²) >= 11 is 0. The second kappa shape index (κ2) is 14.6. The number of hydrogen-bond acceptors (Lipinski definition) is 3. The van der Waals surface area contributed by atoms with Gasteiger partial charge in [0.05, 0.1) is 29.1 Å². The number of pyridine rings is 1. The number of benzene rings is 6. The standard InChI is InChI=1S/C54H53N3O/c1-52(2,3)41-30-39(29-40(31-41)47-32-38(27-28-55-47)37-25-23-36(24-26-37)35-17-12-10-13-18-35)44-21-16-22-48-49(44)56-51(57(48)43-19-14-11-15-20-43)45-33-42(53(4,5)6)34-46(50(45)58)54(7,8)9/h10-34,58H,1-9H3/i10D,12D,13D,17D,18D. The van der Waals surface area contributed by atoms with Gasteiger partial charge in [0, 0.05) is 28.6 Å². The molecular weight excluding hydrogens is 707 g/mol. The van der Waals surface area contributed by atoms with Crippen LogP contribution in [0, 0.1) is 0 Å². The predicted molar refractivity (Wildman–Crippen MR) is 244 cm³/mol. The predicted octanol–water partition coefficient (Wildman–Crippen LogP) is 14.4. The SMILES string of the molecule is [2H]c1c([2H])c([2H])c(-c2ccc(-c3ccnc(-c4cc(-c5cccc6c5nc(-c5cc(C(C)(C)C)cc(C(C)(C)C)c5O)n6-c5ccccc5)cc(C(C)(C)C)c4)c3)cc2)c([2H])c1[2H]. The lowest BCUT2D eigenvalue weighted by molar-refractivity contribution is 0.446. The van der Waals surface area contributed by atoms with Gasteiger partial charge in [-0.15, -0.1) is 0 Å². The molecule has 0 saturated heterocycles. The van der Waals surface area contributed by atoms with Gasteiger partial charge in [-0.25, -0.2) is 4.98 Å². The molecule has 290 valence electrons. The van der Waals surface area contributed by atoms with Crippen molar-refractivity contribution in [2.24, 2.45) is 0 Å². The van der Waals surface area contributed by atoms with E-state index in [2.05, 4.69) is 134 Å². The van der Waals surface area contributed by atoms with E-state index < -0.39 is 6.04 Å². The van der Waals surface area contributed by atoms with Crippen LogP contribution in [-0.2, 0) is 16.2 Å². The smallest absolute Gasteiger partial charge is 0.149 e. The van der Waals surface area contributed by atoms with Crippen LogP contribution < -0.4 is 0 Å². The van der Waals surface area contributed by atoms with Gasteiger partial charge in [-0.05, 0) is 104 Å². The van der Waals surface area contributed by atoms with Crippen molar-refractivity contribution in [3.8, 4) is 67.5 Å². The van der Waals surface area contributed by atoms with Gasteiger partial charge in [-0.1, -0.05) is 159 Å². The number of phenols is 1. The molecule has 0 unspecified atom stereocenters. The highest BCUT2D eigenvalue weighted by Gasteiger charge is 2.29. The molecule has 0 aliphatic rings. The summed E-state index contributed by atoms with van der Waals surface area (Å²) in [5, 5.41) is 12.2. The lowest BCUT2D eigenvalue weighted by atomic mass is 9.79. The van der Waals surface area contributed by atoms with E-state index in [9.17, 15) is 5.11 Å². The summed E-state index contributed by atoms with van der Waals surface area (Å²) in [5.74, 6) is 0.896. The molecule has 0 radical (unpaired) electrons. The van der Waals surface area contributed by atoms with Crippen LogP contribution in [0.15, 0.2) is 152 Å². The van der Waals surface area contributed by atoms with Crippen molar-refractivity contribution in [1.29, 1.82) is 0 Å². The van der Waals surface area contributed by atoms with Gasteiger partial charge >= 0.3 is 0 Å². The minimum atomic E-state index is -0.409. The fourth-order valence-electron chi connectivity index (χ4n) is 7.52. The highest BCUT2D eigenvalue weighted by molar-refractivity contribution is 5.97. The zero-order valence-corrected chi connectivity index (χ0v) is 34.8. The Kier molecular flexibility index (Phi) is 8.25. The van der Waals surface area contributed by atoms with Gasteiger partial charge < -0.3 is 5.11 Å². The Bertz CT molecular complexity index is 3030. The Labute approximate surface area is 351 Å². The summed E-state index contributed by atoms with van der Waals surface area (Å²) in [5.41, 5.74) is 12.0. The minimum Gasteiger partial charge on any atom is -0.507 e. The van der Waals surface area contributed by atoms with Crippen molar-refractivity contribution >= 4 is 11.0 Å². The van der Waals surface area contributed by atoms with Crippen molar-refractivity contribution in [3.63, 3.8) is 0 Å². The molecule has 0 spiro atoms. The van der Waals surface area contributed by atoms with E-state index in [4.69, 9.17) is 16.8 Å². The molecule has 4 nitrogen and oxygen atoms in total. The number of para-hydroxylation sites is 2. The molecule has 0 bridgehead atoms. The molecule has 4 heteroatoms. The molecule has 2 heterocycles. The first-order chi connectivity index (χ1) is 29.6. The Balaban J connectivity index is 1.29. The van der Waals surface area contributed by atoms with Gasteiger partial charge in [0.15, 0.2) is 0 Å². The monoisotopic (exact) mass is 764 g/mol. The van der Waals surface area contributed by atoms with Crippen LogP contribution >= 0.6 is 0 Å². The number of hydrogen-bond donors (Lipinski definition) is 1. The molecule has 2 aromatic heterocycles. The quantitative estimate of drug-likeness (QED) is 0.183. The normalized spacial score (nSPS) is 13.5. The third-order valence-corrected chi connectivity index (χ3v) is 10.9. The van der Waals surface area contributed by atoms with Crippen LogP contribution in [0.2, 0.25) is 0 Å². The summed E-state index contributed by atoms with van der Waals surface area (Å²) < 4.78 is 43.4. The fourth-order valence-corrected chi connectivity index (χ4v) is 7.52. The van der Waals surface area contributed by atoms with E-state index in [1.807, 2.05) is 36.4 Å². The third kappa shape index (κ3) is 7.47. The van der Waals surface area contributed by atoms with E-state index in [0.29, 0.717) is 17.0 Å². The van der Waals surface area contributed by atoms with Crippen LogP contribution in [0.3, 0.4) is 0 Å². The third-order valence-electron chi connectivity index (χ3n) is 10.9. The van der Waals surface area contributed by atoms with Crippen molar-refractivity contribution < 1.29 is 12.0 Å². The second-order valence-electron chi connectivity index (χ2n) is 18.3. The first-order valence-corrected chi connectivity index (χ1v) is 19.9. The molecule has 8 aromatic rings. The van der Waals surface area contributed by atoms with Crippen molar-refractivity contribution in [1.82, 2.24) is 14.5 Å². The Morgan fingerprint density at radius 1 is 0.534 bits per heavy atom. The lowest BCUT2D eigenvalue weighted by Gasteiger charge is -2.27. The molecule has 8 rings (SSSR count). The van der Waals surface area contributed by atoms with Gasteiger partial charge in [0.1, 0.15) is 11.6 Å². The maximum Gasteiger partial charge on any atom is 0.149 e. The van der Waals surface area contributed by atoms with E-state index in [0.717, 1.165) is 66.9 Å². The molecule has 0 aliphatic heterocycles. The van der Waals surface area contributed by atoms with E-state index in [-0.39, 0.29) is 51.7 Å². The summed E-state index contributed by atoms with van der Waals surface area (Å²) in [4.78, 5) is 10.4. The Morgan fingerprint density at radius 2 is 1.17 bits per heavy atom. The molecule has 0 aliphatic carbocycles. The summed E-state index contributed by atoms with van der Waals surface area (Å²) in [6.07, 6.45) is 1.80. The van der Waals surface area contributed by atoms with E-state index >= 15 is 0 Å². The van der Waals surface area contributed by atoms with Gasteiger partial charge in [0.2, 0.25) is 0 Å². The fraction of sp³-hybridized carbons (Fsp3) is 0.222. The Hall–Kier alpha value is -6.26. The molecule has 58 heavy (non-hydrogen) atoms. The number of rotatable bonds is 6. The summed E-state index contributed by atoms with van der Waals surface area (Å²) in [7, 11) is 0. The van der Waals surface area contributed by atoms with Crippen molar-refractivity contribution in [3.05, 3.63) is 168 Å². The number of imidazole rings is 1. The first kappa shape index (κ1) is 32.8.